The molecule has 0 spiro atoms. The minimum absolute atomic E-state index is 0.0677. The Morgan fingerprint density at radius 2 is 0.486 bits per heavy atom. The van der Waals surface area contributed by atoms with Crippen molar-refractivity contribution in [3.8, 4) is 0 Å². The molecule has 0 aromatic carbocycles. The van der Waals surface area contributed by atoms with Gasteiger partial charge in [-0.05, 0) is 51.4 Å². The van der Waals surface area contributed by atoms with Crippen LogP contribution in [0.25, 0.3) is 0 Å². The molecule has 0 aliphatic carbocycles. The molecule has 0 radical (unpaired) electrons. The number of carbonyl (C=O) groups excluding carboxylic acids is 3. The van der Waals surface area contributed by atoms with Crippen LogP contribution in [-0.4, -0.2) is 37.2 Å². The summed E-state index contributed by atoms with van der Waals surface area (Å²) in [6.45, 7) is 6.65. The minimum atomic E-state index is -0.768. The molecule has 0 fully saturated rings. The van der Waals surface area contributed by atoms with E-state index in [4.69, 9.17) is 14.2 Å². The molecule has 0 aromatic heterocycles. The topological polar surface area (TPSA) is 78.9 Å². The number of carbonyl (C=O) groups is 3. The molecule has 0 rings (SSSR count). The van der Waals surface area contributed by atoms with E-state index in [0.29, 0.717) is 19.3 Å². The highest BCUT2D eigenvalue weighted by Gasteiger charge is 2.19. The second-order valence-corrected chi connectivity index (χ2v) is 22.7. The van der Waals surface area contributed by atoms with Crippen molar-refractivity contribution in [1.29, 1.82) is 0 Å². The van der Waals surface area contributed by atoms with Crippen LogP contribution in [0.3, 0.4) is 0 Å². The van der Waals surface area contributed by atoms with Crippen LogP contribution >= 0.6 is 0 Å². The molecule has 0 aromatic rings. The van der Waals surface area contributed by atoms with Gasteiger partial charge in [-0.3, -0.25) is 14.4 Å². The summed E-state index contributed by atoms with van der Waals surface area (Å²) in [4.78, 5) is 38.1. The van der Waals surface area contributed by atoms with E-state index in [2.05, 4.69) is 45.1 Å². The summed E-state index contributed by atoms with van der Waals surface area (Å²) >= 11 is 0. The third kappa shape index (κ3) is 60.8. The molecule has 6 heteroatoms. The van der Waals surface area contributed by atoms with Crippen molar-refractivity contribution >= 4 is 17.9 Å². The van der Waals surface area contributed by atoms with Crippen LogP contribution in [0.2, 0.25) is 0 Å². The van der Waals surface area contributed by atoms with Crippen molar-refractivity contribution < 1.29 is 28.6 Å². The van der Waals surface area contributed by atoms with Crippen molar-refractivity contribution in [1.82, 2.24) is 0 Å². The van der Waals surface area contributed by atoms with E-state index >= 15 is 0 Å². The van der Waals surface area contributed by atoms with E-state index in [1.54, 1.807) is 0 Å². The summed E-state index contributed by atoms with van der Waals surface area (Å²) in [5.41, 5.74) is 0. The summed E-state index contributed by atoms with van der Waals surface area (Å²) in [5, 5.41) is 0. The molecule has 0 heterocycles. The van der Waals surface area contributed by atoms with Crippen LogP contribution in [0.15, 0.2) is 24.3 Å². The molecule has 0 bridgehead atoms. The smallest absolute Gasteiger partial charge is 0.306 e. The molecule has 436 valence electrons. The Bertz CT molecular complexity index is 1190. The van der Waals surface area contributed by atoms with Gasteiger partial charge in [-0.15, -0.1) is 0 Å². The first-order valence-corrected chi connectivity index (χ1v) is 33.3. The van der Waals surface area contributed by atoms with Crippen molar-refractivity contribution in [2.24, 2.45) is 0 Å². The van der Waals surface area contributed by atoms with Gasteiger partial charge < -0.3 is 14.2 Å². The highest BCUT2D eigenvalue weighted by atomic mass is 16.6. The lowest BCUT2D eigenvalue weighted by molar-refractivity contribution is -0.167. The Morgan fingerprint density at radius 3 is 0.743 bits per heavy atom. The standard InChI is InChI=1S/C68H128O6/c1-4-7-10-13-16-18-20-22-24-26-28-30-31-32-33-34-35-36-38-39-41-43-45-47-49-52-55-58-61-67(70)73-64-65(63-72-66(69)60-57-54-51-15-12-9-6-3)74-68(71)62-59-56-53-50-48-46-44-42-40-37-29-27-25-23-21-19-17-14-11-8-5-2/h21,23,27,29,65H,4-20,22,24-26,28,30-64H2,1-3H3/b23-21-,29-27-. The molecule has 0 amide bonds. The Kier molecular flexibility index (Phi) is 61.6. The van der Waals surface area contributed by atoms with E-state index in [0.717, 1.165) is 64.2 Å². The molecule has 0 saturated carbocycles. The van der Waals surface area contributed by atoms with Crippen molar-refractivity contribution in [3.63, 3.8) is 0 Å². The van der Waals surface area contributed by atoms with Gasteiger partial charge in [0, 0.05) is 19.3 Å². The Labute approximate surface area is 462 Å². The van der Waals surface area contributed by atoms with Gasteiger partial charge in [-0.25, -0.2) is 0 Å². The number of unbranched alkanes of at least 4 members (excludes halogenated alkanes) is 47. The van der Waals surface area contributed by atoms with Gasteiger partial charge in [-0.2, -0.15) is 0 Å². The molecule has 0 saturated heterocycles. The summed E-state index contributed by atoms with van der Waals surface area (Å²) in [5.74, 6) is -0.854. The first-order valence-electron chi connectivity index (χ1n) is 33.3. The van der Waals surface area contributed by atoms with Gasteiger partial charge in [0.25, 0.3) is 0 Å². The molecular formula is C68H128O6. The molecule has 74 heavy (non-hydrogen) atoms. The average Bonchev–Trinajstić information content (AvgIpc) is 3.40. The van der Waals surface area contributed by atoms with Crippen LogP contribution in [-0.2, 0) is 28.6 Å². The fourth-order valence-corrected chi connectivity index (χ4v) is 10.2. The highest BCUT2D eigenvalue weighted by molar-refractivity contribution is 5.71. The predicted octanol–water partition coefficient (Wildman–Crippen LogP) is 22.6. The van der Waals surface area contributed by atoms with Gasteiger partial charge in [0.15, 0.2) is 6.10 Å². The zero-order valence-electron chi connectivity index (χ0n) is 50.1. The molecule has 1 atom stereocenters. The molecular weight excluding hydrogens is 913 g/mol. The number of rotatable bonds is 62. The van der Waals surface area contributed by atoms with E-state index in [-0.39, 0.29) is 31.1 Å². The molecule has 6 nitrogen and oxygen atoms in total. The second kappa shape index (κ2) is 63.4. The van der Waals surface area contributed by atoms with Gasteiger partial charge in [0.05, 0.1) is 0 Å². The Balaban J connectivity index is 4.03. The normalized spacial score (nSPS) is 12.1. The SMILES string of the molecule is CCCCCCC/C=C\C/C=C\CCCCCCCCCCCC(=O)OC(COC(=O)CCCCCCCCC)COC(=O)CCCCCCCCCCCCCCCCCCCCCCCCCCCCCC. The molecule has 0 aliphatic rings. The quantitative estimate of drug-likeness (QED) is 0.0261. The van der Waals surface area contributed by atoms with Crippen LogP contribution < -0.4 is 0 Å². The van der Waals surface area contributed by atoms with E-state index < -0.39 is 6.10 Å². The largest absolute Gasteiger partial charge is 0.462 e. The number of allylic oxidation sites excluding steroid dienone is 4. The maximum Gasteiger partial charge on any atom is 0.306 e. The van der Waals surface area contributed by atoms with Crippen LogP contribution in [0.1, 0.15) is 374 Å². The summed E-state index contributed by atoms with van der Waals surface area (Å²) in [6.07, 6.45) is 76.6. The monoisotopic (exact) mass is 1040 g/mol. The van der Waals surface area contributed by atoms with Crippen LogP contribution in [0, 0.1) is 0 Å². The lowest BCUT2D eigenvalue weighted by Gasteiger charge is -2.18. The fourth-order valence-electron chi connectivity index (χ4n) is 10.2. The number of ether oxygens (including phenoxy) is 3. The average molecular weight is 1040 g/mol. The van der Waals surface area contributed by atoms with Crippen molar-refractivity contribution in [2.45, 2.75) is 380 Å². The van der Waals surface area contributed by atoms with Gasteiger partial charge in [-0.1, -0.05) is 328 Å². The third-order valence-electron chi connectivity index (χ3n) is 15.2. The molecule has 0 N–H and O–H groups in total. The first-order chi connectivity index (χ1) is 36.5. The molecule has 1 unspecified atom stereocenters. The van der Waals surface area contributed by atoms with Crippen molar-refractivity contribution in [3.05, 3.63) is 24.3 Å². The maximum atomic E-state index is 12.9. The maximum absolute atomic E-state index is 12.9. The Morgan fingerprint density at radius 1 is 0.270 bits per heavy atom. The summed E-state index contributed by atoms with van der Waals surface area (Å²) < 4.78 is 16.9. The summed E-state index contributed by atoms with van der Waals surface area (Å²) in [6, 6.07) is 0. The summed E-state index contributed by atoms with van der Waals surface area (Å²) in [7, 11) is 0. The van der Waals surface area contributed by atoms with Crippen LogP contribution in [0.4, 0.5) is 0 Å². The highest BCUT2D eigenvalue weighted by Crippen LogP contribution is 2.18. The number of hydrogen-bond donors (Lipinski definition) is 0. The number of esters is 3. The molecule has 0 aliphatic heterocycles. The van der Waals surface area contributed by atoms with Gasteiger partial charge in [0.1, 0.15) is 13.2 Å². The van der Waals surface area contributed by atoms with Crippen molar-refractivity contribution in [2.75, 3.05) is 13.2 Å². The fraction of sp³-hybridized carbons (Fsp3) is 0.897. The first kappa shape index (κ1) is 71.9. The Hall–Kier alpha value is -2.11. The van der Waals surface area contributed by atoms with E-state index in [1.807, 2.05) is 0 Å². The minimum Gasteiger partial charge on any atom is -0.462 e. The zero-order valence-corrected chi connectivity index (χ0v) is 50.1. The van der Waals surface area contributed by atoms with Gasteiger partial charge >= 0.3 is 17.9 Å². The van der Waals surface area contributed by atoms with Crippen LogP contribution in [0.5, 0.6) is 0 Å². The van der Waals surface area contributed by atoms with E-state index in [9.17, 15) is 14.4 Å². The van der Waals surface area contributed by atoms with Gasteiger partial charge in [0.2, 0.25) is 0 Å². The predicted molar refractivity (Wildman–Crippen MR) is 321 cm³/mol. The van der Waals surface area contributed by atoms with E-state index in [1.165, 1.54) is 270 Å². The lowest BCUT2D eigenvalue weighted by Crippen LogP contribution is -2.30. The zero-order chi connectivity index (χ0) is 53.6. The third-order valence-corrected chi connectivity index (χ3v) is 15.2. The number of hydrogen-bond acceptors (Lipinski definition) is 6. The lowest BCUT2D eigenvalue weighted by atomic mass is 10.0. The second-order valence-electron chi connectivity index (χ2n) is 22.7.